The molecule has 0 aromatic heterocycles. The largest absolute Gasteiger partial charge is 0.493 e. The van der Waals surface area contributed by atoms with Gasteiger partial charge in [0.15, 0.2) is 0 Å². The molecule has 0 saturated heterocycles. The van der Waals surface area contributed by atoms with Crippen LogP contribution in [0.1, 0.15) is 25.3 Å². The molecule has 0 amide bonds. The van der Waals surface area contributed by atoms with E-state index in [0.717, 1.165) is 35.4 Å². The second-order valence-corrected chi connectivity index (χ2v) is 5.81. The Labute approximate surface area is 154 Å². The monoisotopic (exact) mass is 355 g/mol. The fourth-order valence-corrected chi connectivity index (χ4v) is 2.51. The van der Waals surface area contributed by atoms with Gasteiger partial charge in [-0.15, -0.1) is 0 Å². The number of benzene rings is 2. The number of carboxylic acids is 1. The van der Waals surface area contributed by atoms with Gasteiger partial charge in [-0.05, 0) is 41.8 Å². The van der Waals surface area contributed by atoms with Crippen molar-refractivity contribution in [3.8, 4) is 16.9 Å². The Bertz CT molecular complexity index is 783. The molecule has 0 spiro atoms. The van der Waals surface area contributed by atoms with Crippen molar-refractivity contribution in [2.75, 3.05) is 26.1 Å². The van der Waals surface area contributed by atoms with Crippen LogP contribution in [0.15, 0.2) is 48.2 Å². The third-order valence-electron chi connectivity index (χ3n) is 3.95. The van der Waals surface area contributed by atoms with Crippen LogP contribution < -0.4 is 10.1 Å². The van der Waals surface area contributed by atoms with Crippen molar-refractivity contribution in [3.05, 3.63) is 53.8 Å². The molecule has 0 bridgehead atoms. The molecule has 26 heavy (non-hydrogen) atoms. The molecule has 5 heteroatoms. The number of carbonyl (C=O) groups is 1. The van der Waals surface area contributed by atoms with E-state index in [-0.39, 0.29) is 5.76 Å². The lowest BCUT2D eigenvalue weighted by Gasteiger charge is -2.14. The smallest absolute Gasteiger partial charge is 0.371 e. The highest BCUT2D eigenvalue weighted by molar-refractivity contribution is 5.90. The summed E-state index contributed by atoms with van der Waals surface area (Å²) in [7, 11) is 3.22. The molecule has 2 rings (SSSR count). The SMILES string of the molecule is CCCCOc1cc(C=C(OC)C(=O)O)ccc1-c1cccc(NC)c1. The summed E-state index contributed by atoms with van der Waals surface area (Å²) in [5, 5.41) is 12.3. The number of unbranched alkanes of at least 4 members (excludes halogenated alkanes) is 1. The van der Waals surface area contributed by atoms with E-state index in [1.165, 1.54) is 13.2 Å². The average molecular weight is 355 g/mol. The van der Waals surface area contributed by atoms with E-state index < -0.39 is 5.97 Å². The van der Waals surface area contributed by atoms with Crippen molar-refractivity contribution in [1.82, 2.24) is 0 Å². The first-order valence-corrected chi connectivity index (χ1v) is 8.63. The number of anilines is 1. The summed E-state index contributed by atoms with van der Waals surface area (Å²) < 4.78 is 10.9. The molecule has 0 saturated carbocycles. The number of hydrogen-bond donors (Lipinski definition) is 2. The summed E-state index contributed by atoms with van der Waals surface area (Å²) in [4.78, 5) is 11.2. The van der Waals surface area contributed by atoms with E-state index >= 15 is 0 Å². The van der Waals surface area contributed by atoms with Crippen LogP contribution in [0.3, 0.4) is 0 Å². The van der Waals surface area contributed by atoms with Gasteiger partial charge in [-0.3, -0.25) is 0 Å². The second-order valence-electron chi connectivity index (χ2n) is 5.81. The van der Waals surface area contributed by atoms with Gasteiger partial charge in [0.1, 0.15) is 5.75 Å². The first-order valence-electron chi connectivity index (χ1n) is 8.63. The molecule has 2 aromatic rings. The van der Waals surface area contributed by atoms with Crippen LogP contribution in [-0.4, -0.2) is 31.8 Å². The van der Waals surface area contributed by atoms with E-state index in [2.05, 4.69) is 18.3 Å². The van der Waals surface area contributed by atoms with Crippen molar-refractivity contribution in [1.29, 1.82) is 0 Å². The number of ether oxygens (including phenoxy) is 2. The first kappa shape index (κ1) is 19.4. The predicted molar refractivity (Wildman–Crippen MR) is 104 cm³/mol. The Morgan fingerprint density at radius 1 is 1.23 bits per heavy atom. The highest BCUT2D eigenvalue weighted by Gasteiger charge is 2.11. The van der Waals surface area contributed by atoms with Gasteiger partial charge in [0.05, 0.1) is 13.7 Å². The van der Waals surface area contributed by atoms with Gasteiger partial charge in [0.25, 0.3) is 0 Å². The summed E-state index contributed by atoms with van der Waals surface area (Å²) in [6.45, 7) is 2.72. The van der Waals surface area contributed by atoms with Crippen molar-refractivity contribution >= 4 is 17.7 Å². The van der Waals surface area contributed by atoms with Crippen LogP contribution in [0.5, 0.6) is 5.75 Å². The van der Waals surface area contributed by atoms with Gasteiger partial charge in [-0.25, -0.2) is 4.79 Å². The third-order valence-corrected chi connectivity index (χ3v) is 3.95. The van der Waals surface area contributed by atoms with Crippen LogP contribution in [0.2, 0.25) is 0 Å². The van der Waals surface area contributed by atoms with Crippen LogP contribution in [0, 0.1) is 0 Å². The van der Waals surface area contributed by atoms with Crippen LogP contribution in [0.25, 0.3) is 17.2 Å². The summed E-state index contributed by atoms with van der Waals surface area (Å²) in [6, 6.07) is 13.7. The fraction of sp³-hybridized carbons (Fsp3) is 0.286. The molecule has 138 valence electrons. The zero-order chi connectivity index (χ0) is 18.9. The minimum Gasteiger partial charge on any atom is -0.493 e. The zero-order valence-electron chi connectivity index (χ0n) is 15.4. The van der Waals surface area contributed by atoms with Gasteiger partial charge in [0, 0.05) is 18.3 Å². The normalized spacial score (nSPS) is 11.1. The molecule has 5 nitrogen and oxygen atoms in total. The van der Waals surface area contributed by atoms with Gasteiger partial charge < -0.3 is 19.9 Å². The second kappa shape index (κ2) is 9.51. The molecular weight excluding hydrogens is 330 g/mol. The number of carboxylic acid groups (broad SMARTS) is 1. The molecule has 0 radical (unpaired) electrons. The maximum atomic E-state index is 11.2. The molecule has 0 aliphatic carbocycles. The van der Waals surface area contributed by atoms with E-state index in [9.17, 15) is 4.79 Å². The molecule has 0 aliphatic rings. The van der Waals surface area contributed by atoms with E-state index in [1.54, 1.807) is 0 Å². The Morgan fingerprint density at radius 3 is 2.69 bits per heavy atom. The van der Waals surface area contributed by atoms with Crippen LogP contribution in [0.4, 0.5) is 5.69 Å². The molecule has 0 unspecified atom stereocenters. The number of nitrogens with one attached hydrogen (secondary N) is 1. The minimum absolute atomic E-state index is 0.116. The number of methoxy groups -OCH3 is 1. The summed E-state index contributed by atoms with van der Waals surface area (Å²) >= 11 is 0. The summed E-state index contributed by atoms with van der Waals surface area (Å²) in [5.74, 6) is -0.498. The minimum atomic E-state index is -1.10. The van der Waals surface area contributed by atoms with Crippen molar-refractivity contribution in [2.24, 2.45) is 0 Å². The Balaban J connectivity index is 2.45. The highest BCUT2D eigenvalue weighted by Crippen LogP contribution is 2.33. The molecule has 0 fully saturated rings. The van der Waals surface area contributed by atoms with Gasteiger partial charge in [0.2, 0.25) is 5.76 Å². The van der Waals surface area contributed by atoms with Crippen molar-refractivity contribution in [3.63, 3.8) is 0 Å². The lowest BCUT2D eigenvalue weighted by molar-refractivity contribution is -0.135. The van der Waals surface area contributed by atoms with Gasteiger partial charge >= 0.3 is 5.97 Å². The number of hydrogen-bond acceptors (Lipinski definition) is 4. The third kappa shape index (κ3) is 5.02. The average Bonchev–Trinajstić information content (AvgIpc) is 2.66. The van der Waals surface area contributed by atoms with E-state index in [1.807, 2.05) is 43.4 Å². The van der Waals surface area contributed by atoms with Crippen LogP contribution in [-0.2, 0) is 9.53 Å². The quantitative estimate of drug-likeness (QED) is 0.389. The topological polar surface area (TPSA) is 67.8 Å². The van der Waals surface area contributed by atoms with E-state index in [0.29, 0.717) is 12.2 Å². The van der Waals surface area contributed by atoms with Crippen molar-refractivity contribution in [2.45, 2.75) is 19.8 Å². The Hall–Kier alpha value is -2.95. The number of aliphatic carboxylic acids is 1. The van der Waals surface area contributed by atoms with Crippen molar-refractivity contribution < 1.29 is 19.4 Å². The maximum Gasteiger partial charge on any atom is 0.371 e. The van der Waals surface area contributed by atoms with E-state index in [4.69, 9.17) is 14.6 Å². The fourth-order valence-electron chi connectivity index (χ4n) is 2.51. The number of rotatable bonds is 9. The predicted octanol–water partition coefficient (Wildman–Crippen LogP) is 4.65. The molecule has 0 aliphatic heterocycles. The van der Waals surface area contributed by atoms with Crippen LogP contribution >= 0.6 is 0 Å². The highest BCUT2D eigenvalue weighted by atomic mass is 16.5. The zero-order valence-corrected chi connectivity index (χ0v) is 15.4. The Morgan fingerprint density at radius 2 is 2.04 bits per heavy atom. The van der Waals surface area contributed by atoms with Gasteiger partial charge in [-0.1, -0.05) is 37.6 Å². The standard InChI is InChI=1S/C21H25NO4/c1-4-5-11-26-19-12-15(13-20(25-3)21(23)24)9-10-18(19)16-7-6-8-17(14-16)22-2/h6-10,12-14,22H,4-5,11H2,1-3H3,(H,23,24). The Kier molecular flexibility index (Phi) is 7.09. The summed E-state index contributed by atoms with van der Waals surface area (Å²) in [5.41, 5.74) is 3.72. The molecule has 0 atom stereocenters. The van der Waals surface area contributed by atoms with Gasteiger partial charge in [-0.2, -0.15) is 0 Å². The molecule has 0 heterocycles. The first-order chi connectivity index (χ1) is 12.6. The lowest BCUT2D eigenvalue weighted by Crippen LogP contribution is -2.02. The lowest BCUT2D eigenvalue weighted by atomic mass is 10.0. The molecule has 2 N–H and O–H groups in total. The maximum absolute atomic E-state index is 11.2. The summed E-state index contributed by atoms with van der Waals surface area (Å²) in [6.07, 6.45) is 3.48. The molecular formula is C21H25NO4. The molecule has 2 aromatic carbocycles.